The zero-order chi connectivity index (χ0) is 12.6. The predicted octanol–water partition coefficient (Wildman–Crippen LogP) is 2.15. The zero-order valence-corrected chi connectivity index (χ0v) is 11.3. The minimum absolute atomic E-state index is 0.0939. The van der Waals surface area contributed by atoms with E-state index in [4.69, 9.17) is 5.73 Å². The highest BCUT2D eigenvalue weighted by Gasteiger charge is 2.37. The number of nitrogens with zero attached hydrogens (tertiary/aromatic N) is 1. The van der Waals surface area contributed by atoms with Gasteiger partial charge in [0.25, 0.3) is 0 Å². The second-order valence-corrected chi connectivity index (χ2v) is 6.77. The highest BCUT2D eigenvalue weighted by molar-refractivity contribution is 5.78. The molecule has 1 heterocycles. The van der Waals surface area contributed by atoms with Crippen LogP contribution >= 0.6 is 0 Å². The molecule has 0 aromatic carbocycles. The van der Waals surface area contributed by atoms with Gasteiger partial charge in [0.1, 0.15) is 0 Å². The number of nitrogens with two attached hydrogens (primary N) is 1. The van der Waals surface area contributed by atoms with E-state index in [2.05, 4.69) is 20.8 Å². The van der Waals surface area contributed by atoms with E-state index in [1.54, 1.807) is 0 Å². The zero-order valence-electron chi connectivity index (χ0n) is 11.3. The molecule has 3 heteroatoms. The Morgan fingerprint density at radius 3 is 2.19 bits per heavy atom. The first-order chi connectivity index (χ1) is 7.11. The van der Waals surface area contributed by atoms with Gasteiger partial charge in [-0.1, -0.05) is 20.8 Å². The highest BCUT2D eigenvalue weighted by Crippen LogP contribution is 2.32. The van der Waals surface area contributed by atoms with Crippen molar-refractivity contribution < 1.29 is 4.79 Å². The van der Waals surface area contributed by atoms with Crippen LogP contribution in [0, 0.1) is 5.41 Å². The molecule has 0 saturated carbocycles. The SMILES string of the molecule is CC(C)(N)CC(N1CCCC1=O)C(C)(C)C. The molecule has 0 spiro atoms. The molecule has 1 atom stereocenters. The molecule has 1 rings (SSSR count). The summed E-state index contributed by atoms with van der Waals surface area (Å²) in [7, 11) is 0. The maximum atomic E-state index is 11.8. The third-order valence-corrected chi connectivity index (χ3v) is 3.21. The van der Waals surface area contributed by atoms with Crippen molar-refractivity contribution >= 4 is 5.91 Å². The summed E-state index contributed by atoms with van der Waals surface area (Å²) in [6, 6.07) is 0.252. The average molecular weight is 226 g/mol. The molecule has 2 N–H and O–H groups in total. The summed E-state index contributed by atoms with van der Waals surface area (Å²) in [6.07, 6.45) is 2.57. The lowest BCUT2D eigenvalue weighted by atomic mass is 9.79. The summed E-state index contributed by atoms with van der Waals surface area (Å²) in [5, 5.41) is 0. The first-order valence-corrected chi connectivity index (χ1v) is 6.19. The minimum Gasteiger partial charge on any atom is -0.339 e. The monoisotopic (exact) mass is 226 g/mol. The van der Waals surface area contributed by atoms with Crippen LogP contribution in [0.5, 0.6) is 0 Å². The van der Waals surface area contributed by atoms with Gasteiger partial charge >= 0.3 is 0 Å². The third kappa shape index (κ3) is 3.48. The van der Waals surface area contributed by atoms with E-state index in [0.29, 0.717) is 12.3 Å². The second kappa shape index (κ2) is 4.36. The predicted molar refractivity (Wildman–Crippen MR) is 67.1 cm³/mol. The second-order valence-electron chi connectivity index (χ2n) is 6.77. The molecule has 0 radical (unpaired) electrons. The van der Waals surface area contributed by atoms with Gasteiger partial charge in [-0.05, 0) is 32.1 Å². The van der Waals surface area contributed by atoms with Crippen LogP contribution in [0.1, 0.15) is 53.9 Å². The first-order valence-electron chi connectivity index (χ1n) is 6.19. The van der Waals surface area contributed by atoms with Gasteiger partial charge in [-0.15, -0.1) is 0 Å². The Morgan fingerprint density at radius 1 is 1.31 bits per heavy atom. The Morgan fingerprint density at radius 2 is 1.88 bits per heavy atom. The normalized spacial score (nSPS) is 20.4. The topological polar surface area (TPSA) is 46.3 Å². The highest BCUT2D eigenvalue weighted by atomic mass is 16.2. The molecular weight excluding hydrogens is 200 g/mol. The molecule has 1 amide bonds. The van der Waals surface area contributed by atoms with Crippen molar-refractivity contribution in [1.82, 2.24) is 4.90 Å². The molecule has 1 fully saturated rings. The Hall–Kier alpha value is -0.570. The fourth-order valence-electron chi connectivity index (χ4n) is 2.38. The standard InChI is InChI=1S/C13H26N2O/c1-12(2,3)10(9-13(4,5)14)15-8-6-7-11(15)16/h10H,6-9,14H2,1-5H3. The summed E-state index contributed by atoms with van der Waals surface area (Å²) >= 11 is 0. The molecule has 0 aliphatic carbocycles. The molecule has 3 nitrogen and oxygen atoms in total. The number of hydrogen-bond donors (Lipinski definition) is 1. The van der Waals surface area contributed by atoms with Crippen molar-refractivity contribution in [3.8, 4) is 0 Å². The number of carbonyl (C=O) groups is 1. The number of amides is 1. The van der Waals surface area contributed by atoms with Crippen molar-refractivity contribution in [2.75, 3.05) is 6.54 Å². The Balaban J connectivity index is 2.83. The quantitative estimate of drug-likeness (QED) is 0.801. The van der Waals surface area contributed by atoms with E-state index in [1.807, 2.05) is 18.7 Å². The van der Waals surface area contributed by atoms with Crippen molar-refractivity contribution in [1.29, 1.82) is 0 Å². The van der Waals surface area contributed by atoms with Gasteiger partial charge < -0.3 is 10.6 Å². The van der Waals surface area contributed by atoms with E-state index in [1.165, 1.54) is 0 Å². The molecule has 1 saturated heterocycles. The molecule has 16 heavy (non-hydrogen) atoms. The van der Waals surface area contributed by atoms with E-state index >= 15 is 0 Å². The summed E-state index contributed by atoms with van der Waals surface area (Å²) < 4.78 is 0. The average Bonchev–Trinajstić information content (AvgIpc) is 2.43. The molecule has 0 bridgehead atoms. The lowest BCUT2D eigenvalue weighted by Gasteiger charge is -2.41. The van der Waals surface area contributed by atoms with Gasteiger partial charge in [-0.2, -0.15) is 0 Å². The van der Waals surface area contributed by atoms with Crippen LogP contribution in [0.15, 0.2) is 0 Å². The Labute approximate surface area is 99.4 Å². The van der Waals surface area contributed by atoms with Gasteiger partial charge in [0.05, 0.1) is 0 Å². The van der Waals surface area contributed by atoms with Crippen molar-refractivity contribution in [3.05, 3.63) is 0 Å². The van der Waals surface area contributed by atoms with Gasteiger partial charge in [-0.3, -0.25) is 4.79 Å². The lowest BCUT2D eigenvalue weighted by Crippen LogP contribution is -2.50. The maximum absolute atomic E-state index is 11.8. The largest absolute Gasteiger partial charge is 0.339 e. The van der Waals surface area contributed by atoms with Gasteiger partial charge in [0.15, 0.2) is 0 Å². The van der Waals surface area contributed by atoms with Gasteiger partial charge in [0.2, 0.25) is 5.91 Å². The third-order valence-electron chi connectivity index (χ3n) is 3.21. The Kier molecular flexibility index (Phi) is 3.68. The molecule has 94 valence electrons. The maximum Gasteiger partial charge on any atom is 0.222 e. The van der Waals surface area contributed by atoms with Crippen LogP contribution in [-0.2, 0) is 4.79 Å². The first kappa shape index (κ1) is 13.5. The smallest absolute Gasteiger partial charge is 0.222 e. The van der Waals surface area contributed by atoms with Crippen LogP contribution in [0.4, 0.5) is 0 Å². The van der Waals surface area contributed by atoms with E-state index < -0.39 is 0 Å². The van der Waals surface area contributed by atoms with Crippen molar-refractivity contribution in [2.45, 2.75) is 65.5 Å². The molecule has 0 aromatic heterocycles. The van der Waals surface area contributed by atoms with Crippen molar-refractivity contribution in [3.63, 3.8) is 0 Å². The lowest BCUT2D eigenvalue weighted by molar-refractivity contribution is -0.132. The summed E-state index contributed by atoms with van der Waals surface area (Å²) in [4.78, 5) is 13.9. The molecule has 1 aliphatic heterocycles. The fraction of sp³-hybridized carbons (Fsp3) is 0.923. The Bertz CT molecular complexity index is 260. The van der Waals surface area contributed by atoms with E-state index in [9.17, 15) is 4.79 Å². The van der Waals surface area contributed by atoms with Crippen LogP contribution in [-0.4, -0.2) is 28.9 Å². The summed E-state index contributed by atoms with van der Waals surface area (Å²) in [5.41, 5.74) is 5.98. The summed E-state index contributed by atoms with van der Waals surface area (Å²) in [5.74, 6) is 0.296. The molecule has 1 aliphatic rings. The minimum atomic E-state index is -0.221. The van der Waals surface area contributed by atoms with Crippen LogP contribution in [0.3, 0.4) is 0 Å². The number of carbonyl (C=O) groups excluding carboxylic acids is 1. The van der Waals surface area contributed by atoms with Gasteiger partial charge in [0, 0.05) is 24.5 Å². The van der Waals surface area contributed by atoms with Crippen molar-refractivity contribution in [2.24, 2.45) is 11.1 Å². The van der Waals surface area contributed by atoms with E-state index in [0.717, 1.165) is 19.4 Å². The van der Waals surface area contributed by atoms with Crippen LogP contribution in [0.2, 0.25) is 0 Å². The summed E-state index contributed by atoms with van der Waals surface area (Å²) in [6.45, 7) is 11.5. The number of hydrogen-bond acceptors (Lipinski definition) is 2. The van der Waals surface area contributed by atoms with E-state index in [-0.39, 0.29) is 17.0 Å². The number of rotatable bonds is 3. The fourth-order valence-corrected chi connectivity index (χ4v) is 2.38. The number of likely N-dealkylation sites (tertiary alicyclic amines) is 1. The van der Waals surface area contributed by atoms with Gasteiger partial charge in [-0.25, -0.2) is 0 Å². The van der Waals surface area contributed by atoms with Crippen LogP contribution in [0.25, 0.3) is 0 Å². The molecular formula is C13H26N2O. The molecule has 1 unspecified atom stereocenters. The van der Waals surface area contributed by atoms with Crippen LogP contribution < -0.4 is 5.73 Å². The molecule has 0 aromatic rings.